The van der Waals surface area contributed by atoms with Gasteiger partial charge in [0.05, 0.1) is 0 Å². The van der Waals surface area contributed by atoms with E-state index >= 15 is 0 Å². The Bertz CT molecular complexity index is 244. The highest BCUT2D eigenvalue weighted by Gasteiger charge is 2.39. The fourth-order valence-electron chi connectivity index (χ4n) is 4.92. The molecule has 3 aliphatic carbocycles. The van der Waals surface area contributed by atoms with Crippen LogP contribution in [0.3, 0.4) is 0 Å². The van der Waals surface area contributed by atoms with E-state index in [-0.39, 0.29) is 0 Å². The molecule has 0 saturated heterocycles. The van der Waals surface area contributed by atoms with Gasteiger partial charge in [0.15, 0.2) is 0 Å². The number of rotatable bonds is 5. The fourth-order valence-corrected chi connectivity index (χ4v) is 4.92. The minimum absolute atomic E-state index is 0.514. The summed E-state index contributed by atoms with van der Waals surface area (Å²) in [4.78, 5) is 0. The highest BCUT2D eigenvalue weighted by atomic mass is 14.6. The molecular formula is C16H29N. The zero-order valence-electron chi connectivity index (χ0n) is 11.2. The Morgan fingerprint density at radius 2 is 1.82 bits per heavy atom. The molecule has 0 heterocycles. The summed E-state index contributed by atoms with van der Waals surface area (Å²) in [6, 6.07) is 0.514. The van der Waals surface area contributed by atoms with Crippen LogP contribution in [0.4, 0.5) is 0 Å². The molecule has 2 bridgehead atoms. The minimum atomic E-state index is 0.514. The molecule has 0 spiro atoms. The molecule has 4 unspecified atom stereocenters. The second-order valence-electron chi connectivity index (χ2n) is 7.16. The molecular weight excluding hydrogens is 206 g/mol. The summed E-state index contributed by atoms with van der Waals surface area (Å²) in [5.74, 6) is 4.19. The Hall–Kier alpha value is -0.0400. The van der Waals surface area contributed by atoms with Gasteiger partial charge in [-0.1, -0.05) is 32.1 Å². The molecule has 1 nitrogen and oxygen atoms in total. The lowest BCUT2D eigenvalue weighted by molar-refractivity contribution is 0.284. The topological polar surface area (TPSA) is 26.0 Å². The highest BCUT2D eigenvalue weighted by Crippen LogP contribution is 2.50. The summed E-state index contributed by atoms with van der Waals surface area (Å²) in [6.45, 7) is 0. The van der Waals surface area contributed by atoms with E-state index in [1.807, 2.05) is 0 Å². The summed E-state index contributed by atoms with van der Waals surface area (Å²) in [5.41, 5.74) is 6.36. The van der Waals surface area contributed by atoms with Crippen LogP contribution in [0.25, 0.3) is 0 Å². The zero-order valence-corrected chi connectivity index (χ0v) is 11.2. The molecule has 0 aliphatic heterocycles. The Kier molecular flexibility index (Phi) is 3.75. The van der Waals surface area contributed by atoms with Crippen molar-refractivity contribution in [2.75, 3.05) is 0 Å². The number of fused-ring (bicyclic) bond motifs is 2. The van der Waals surface area contributed by atoms with Gasteiger partial charge < -0.3 is 5.73 Å². The van der Waals surface area contributed by atoms with Gasteiger partial charge in [0, 0.05) is 6.04 Å². The Balaban J connectivity index is 1.36. The smallest absolute Gasteiger partial charge is 0.00416 e. The quantitative estimate of drug-likeness (QED) is 0.762. The van der Waals surface area contributed by atoms with Crippen molar-refractivity contribution in [3.63, 3.8) is 0 Å². The highest BCUT2D eigenvalue weighted by molar-refractivity contribution is 4.91. The lowest BCUT2D eigenvalue weighted by Crippen LogP contribution is -2.26. The first-order chi connectivity index (χ1) is 8.31. The van der Waals surface area contributed by atoms with Gasteiger partial charge in [0.25, 0.3) is 0 Å². The summed E-state index contributed by atoms with van der Waals surface area (Å²) >= 11 is 0. The maximum Gasteiger partial charge on any atom is 0.00416 e. The normalized spacial score (nSPS) is 39.0. The van der Waals surface area contributed by atoms with Crippen LogP contribution in [0, 0.1) is 23.7 Å². The van der Waals surface area contributed by atoms with E-state index in [9.17, 15) is 0 Å². The average molecular weight is 235 g/mol. The Morgan fingerprint density at radius 1 is 1.00 bits per heavy atom. The van der Waals surface area contributed by atoms with Crippen molar-refractivity contribution in [2.45, 2.75) is 76.7 Å². The van der Waals surface area contributed by atoms with Crippen molar-refractivity contribution < 1.29 is 0 Å². The van der Waals surface area contributed by atoms with Crippen molar-refractivity contribution in [2.24, 2.45) is 29.4 Å². The lowest BCUT2D eigenvalue weighted by Gasteiger charge is -2.25. The number of nitrogens with two attached hydrogens (primary N) is 1. The van der Waals surface area contributed by atoms with Crippen LogP contribution in [-0.4, -0.2) is 6.04 Å². The summed E-state index contributed by atoms with van der Waals surface area (Å²) in [7, 11) is 0. The Morgan fingerprint density at radius 3 is 2.47 bits per heavy atom. The van der Waals surface area contributed by atoms with E-state index in [0.29, 0.717) is 6.04 Å². The molecule has 0 aromatic rings. The van der Waals surface area contributed by atoms with Crippen LogP contribution in [0.2, 0.25) is 0 Å². The van der Waals surface area contributed by atoms with Crippen LogP contribution in [0.1, 0.15) is 70.6 Å². The van der Waals surface area contributed by atoms with Crippen molar-refractivity contribution in [3.8, 4) is 0 Å². The van der Waals surface area contributed by atoms with E-state index in [4.69, 9.17) is 5.73 Å². The minimum Gasteiger partial charge on any atom is -0.328 e. The molecule has 3 rings (SSSR count). The van der Waals surface area contributed by atoms with Crippen molar-refractivity contribution in [1.29, 1.82) is 0 Å². The van der Waals surface area contributed by atoms with Crippen LogP contribution in [0.5, 0.6) is 0 Å². The Labute approximate surface area is 107 Å². The third-order valence-electron chi connectivity index (χ3n) is 5.91. The van der Waals surface area contributed by atoms with Gasteiger partial charge in [-0.05, 0) is 62.2 Å². The molecule has 2 N–H and O–H groups in total. The first-order valence-electron chi connectivity index (χ1n) is 8.07. The van der Waals surface area contributed by atoms with E-state index < -0.39 is 0 Å². The number of hydrogen-bond donors (Lipinski definition) is 1. The average Bonchev–Trinajstić information content (AvgIpc) is 3.03. The summed E-state index contributed by atoms with van der Waals surface area (Å²) in [5, 5.41) is 0. The van der Waals surface area contributed by atoms with Gasteiger partial charge >= 0.3 is 0 Å². The predicted molar refractivity (Wildman–Crippen MR) is 72.7 cm³/mol. The fraction of sp³-hybridized carbons (Fsp3) is 1.00. The van der Waals surface area contributed by atoms with Crippen molar-refractivity contribution in [3.05, 3.63) is 0 Å². The van der Waals surface area contributed by atoms with Crippen molar-refractivity contribution in [1.82, 2.24) is 0 Å². The largest absolute Gasteiger partial charge is 0.328 e. The predicted octanol–water partition coefficient (Wildman–Crippen LogP) is 4.11. The molecule has 3 saturated carbocycles. The lowest BCUT2D eigenvalue weighted by atomic mass is 9.83. The molecule has 98 valence electrons. The maximum absolute atomic E-state index is 6.36. The standard InChI is InChI=1S/C16H29N/c17-16(8-6-12-3-1-2-4-12)11-15-10-13-5-7-14(15)9-13/h12-16H,1-11,17H2. The second kappa shape index (κ2) is 5.30. The van der Waals surface area contributed by atoms with Gasteiger partial charge in [-0.3, -0.25) is 0 Å². The summed E-state index contributed by atoms with van der Waals surface area (Å²) < 4.78 is 0. The third-order valence-corrected chi connectivity index (χ3v) is 5.91. The van der Waals surface area contributed by atoms with Crippen LogP contribution in [-0.2, 0) is 0 Å². The van der Waals surface area contributed by atoms with E-state index in [1.54, 1.807) is 6.42 Å². The van der Waals surface area contributed by atoms with Gasteiger partial charge in [0.1, 0.15) is 0 Å². The van der Waals surface area contributed by atoms with E-state index in [2.05, 4.69) is 0 Å². The number of hydrogen-bond acceptors (Lipinski definition) is 1. The molecule has 4 atom stereocenters. The first-order valence-corrected chi connectivity index (χ1v) is 8.07. The van der Waals surface area contributed by atoms with Gasteiger partial charge in [-0.2, -0.15) is 0 Å². The monoisotopic (exact) mass is 235 g/mol. The molecule has 0 amide bonds. The summed E-state index contributed by atoms with van der Waals surface area (Å²) in [6.07, 6.45) is 16.1. The van der Waals surface area contributed by atoms with E-state index in [1.165, 1.54) is 64.2 Å². The van der Waals surface area contributed by atoms with Gasteiger partial charge in [-0.25, -0.2) is 0 Å². The molecule has 1 heteroatoms. The molecule has 3 aliphatic rings. The van der Waals surface area contributed by atoms with Gasteiger partial charge in [-0.15, -0.1) is 0 Å². The van der Waals surface area contributed by atoms with Crippen LogP contribution in [0.15, 0.2) is 0 Å². The van der Waals surface area contributed by atoms with Gasteiger partial charge in [0.2, 0.25) is 0 Å². The van der Waals surface area contributed by atoms with E-state index in [0.717, 1.165) is 23.7 Å². The molecule has 0 aromatic carbocycles. The molecule has 3 fully saturated rings. The molecule has 17 heavy (non-hydrogen) atoms. The maximum atomic E-state index is 6.36. The van der Waals surface area contributed by atoms with Crippen molar-refractivity contribution >= 4 is 0 Å². The molecule has 0 aromatic heterocycles. The second-order valence-corrected chi connectivity index (χ2v) is 7.16. The molecule has 0 radical (unpaired) electrons. The van der Waals surface area contributed by atoms with Crippen LogP contribution >= 0.6 is 0 Å². The third kappa shape index (κ3) is 2.86. The SMILES string of the molecule is NC(CCC1CCCC1)CC1CC2CCC1C2. The first kappa shape index (κ1) is 12.0. The zero-order chi connectivity index (χ0) is 11.7. The van der Waals surface area contributed by atoms with Crippen LogP contribution < -0.4 is 5.73 Å².